The van der Waals surface area contributed by atoms with Gasteiger partial charge < -0.3 is 10.1 Å². The number of hydrogen-bond donors (Lipinski definition) is 1. The van der Waals surface area contributed by atoms with Crippen LogP contribution in [0.4, 0.5) is 0 Å². The molecule has 1 heterocycles. The fourth-order valence-corrected chi connectivity index (χ4v) is 2.34. The van der Waals surface area contributed by atoms with E-state index in [1.165, 1.54) is 17.7 Å². The maximum absolute atomic E-state index is 5.81. The van der Waals surface area contributed by atoms with Crippen LogP contribution < -0.4 is 10.1 Å². The molecular weight excluding hydrogens is 218 g/mol. The zero-order chi connectivity index (χ0) is 11.2. The molecule has 0 atom stereocenters. The summed E-state index contributed by atoms with van der Waals surface area (Å²) >= 11 is 1.76. The Bertz CT molecular complexity index is 306. The molecule has 2 rings (SSSR count). The SMILES string of the molecule is CSc1ccc(OCC2CCNCC2)cc1. The van der Waals surface area contributed by atoms with E-state index in [-0.39, 0.29) is 0 Å². The third-order valence-corrected chi connectivity index (χ3v) is 3.75. The summed E-state index contributed by atoms with van der Waals surface area (Å²) < 4.78 is 5.81. The van der Waals surface area contributed by atoms with Gasteiger partial charge in [0.1, 0.15) is 5.75 Å². The Morgan fingerprint density at radius 1 is 1.25 bits per heavy atom. The van der Waals surface area contributed by atoms with Gasteiger partial charge in [0, 0.05) is 4.90 Å². The maximum atomic E-state index is 5.81. The molecule has 0 amide bonds. The molecule has 1 aromatic rings. The van der Waals surface area contributed by atoms with Crippen molar-refractivity contribution in [3.8, 4) is 5.75 Å². The fourth-order valence-electron chi connectivity index (χ4n) is 1.93. The topological polar surface area (TPSA) is 21.3 Å². The molecule has 1 aliphatic rings. The highest BCUT2D eigenvalue weighted by Gasteiger charge is 2.13. The van der Waals surface area contributed by atoms with E-state index in [1.54, 1.807) is 11.8 Å². The second kappa shape index (κ2) is 6.16. The summed E-state index contributed by atoms with van der Waals surface area (Å²) in [4.78, 5) is 1.29. The molecule has 0 spiro atoms. The van der Waals surface area contributed by atoms with Crippen molar-refractivity contribution >= 4 is 11.8 Å². The second-order valence-corrected chi connectivity index (χ2v) is 5.06. The minimum absolute atomic E-state index is 0.724. The molecule has 88 valence electrons. The zero-order valence-electron chi connectivity index (χ0n) is 9.74. The third-order valence-electron chi connectivity index (χ3n) is 3.00. The van der Waals surface area contributed by atoms with Crippen LogP contribution in [0.5, 0.6) is 5.75 Å². The van der Waals surface area contributed by atoms with E-state index in [9.17, 15) is 0 Å². The molecule has 0 radical (unpaired) electrons. The monoisotopic (exact) mass is 237 g/mol. The van der Waals surface area contributed by atoms with Gasteiger partial charge in [-0.1, -0.05) is 0 Å². The lowest BCUT2D eigenvalue weighted by Gasteiger charge is -2.22. The molecule has 16 heavy (non-hydrogen) atoms. The molecule has 0 aliphatic carbocycles. The summed E-state index contributed by atoms with van der Waals surface area (Å²) in [6.45, 7) is 3.14. The fraction of sp³-hybridized carbons (Fsp3) is 0.538. The third kappa shape index (κ3) is 3.42. The van der Waals surface area contributed by atoms with Gasteiger partial charge in [0.2, 0.25) is 0 Å². The van der Waals surface area contributed by atoms with Crippen molar-refractivity contribution in [2.45, 2.75) is 17.7 Å². The first-order valence-electron chi connectivity index (χ1n) is 5.86. The summed E-state index contributed by atoms with van der Waals surface area (Å²) in [5.41, 5.74) is 0. The summed E-state index contributed by atoms with van der Waals surface area (Å²) in [5.74, 6) is 1.72. The largest absolute Gasteiger partial charge is 0.493 e. The Labute approximate surface area is 102 Å². The molecule has 1 saturated heterocycles. The highest BCUT2D eigenvalue weighted by Crippen LogP contribution is 2.20. The maximum Gasteiger partial charge on any atom is 0.119 e. The van der Waals surface area contributed by atoms with Gasteiger partial charge in [-0.05, 0) is 62.4 Å². The molecule has 0 unspecified atom stereocenters. The van der Waals surface area contributed by atoms with E-state index in [2.05, 4.69) is 35.8 Å². The highest BCUT2D eigenvalue weighted by molar-refractivity contribution is 7.98. The average Bonchev–Trinajstić information content (AvgIpc) is 2.38. The number of ether oxygens (including phenoxy) is 1. The highest BCUT2D eigenvalue weighted by atomic mass is 32.2. The van der Waals surface area contributed by atoms with Gasteiger partial charge in [-0.3, -0.25) is 0 Å². The van der Waals surface area contributed by atoms with Crippen molar-refractivity contribution in [3.63, 3.8) is 0 Å². The van der Waals surface area contributed by atoms with Gasteiger partial charge in [0.15, 0.2) is 0 Å². The number of piperidine rings is 1. The standard InChI is InChI=1S/C13H19NOS/c1-16-13-4-2-12(3-5-13)15-10-11-6-8-14-9-7-11/h2-5,11,14H,6-10H2,1H3. The van der Waals surface area contributed by atoms with Crippen molar-refractivity contribution in [2.24, 2.45) is 5.92 Å². The average molecular weight is 237 g/mol. The predicted octanol–water partition coefficient (Wildman–Crippen LogP) is 2.79. The van der Waals surface area contributed by atoms with Crippen LogP contribution in [0, 0.1) is 5.92 Å². The Hall–Kier alpha value is -0.670. The Morgan fingerprint density at radius 2 is 1.94 bits per heavy atom. The van der Waals surface area contributed by atoms with E-state index >= 15 is 0 Å². The first kappa shape index (κ1) is 11.8. The number of hydrogen-bond acceptors (Lipinski definition) is 3. The van der Waals surface area contributed by atoms with Gasteiger partial charge >= 0.3 is 0 Å². The smallest absolute Gasteiger partial charge is 0.119 e. The van der Waals surface area contributed by atoms with Crippen LogP contribution in [0.15, 0.2) is 29.2 Å². The number of nitrogens with one attached hydrogen (secondary N) is 1. The number of thioether (sulfide) groups is 1. The molecule has 0 bridgehead atoms. The number of benzene rings is 1. The lowest BCUT2D eigenvalue weighted by Crippen LogP contribution is -2.30. The minimum atomic E-state index is 0.724. The van der Waals surface area contributed by atoms with Crippen LogP contribution in [-0.2, 0) is 0 Å². The van der Waals surface area contributed by atoms with Crippen molar-refractivity contribution in [1.29, 1.82) is 0 Å². The molecule has 0 saturated carbocycles. The normalized spacial score (nSPS) is 17.3. The molecule has 1 aromatic carbocycles. The van der Waals surface area contributed by atoms with Crippen molar-refractivity contribution in [1.82, 2.24) is 5.32 Å². The van der Waals surface area contributed by atoms with Crippen molar-refractivity contribution < 1.29 is 4.74 Å². The van der Waals surface area contributed by atoms with Gasteiger partial charge in [-0.2, -0.15) is 0 Å². The number of rotatable bonds is 4. The summed E-state index contributed by atoms with van der Waals surface area (Å²) in [6, 6.07) is 8.35. The van der Waals surface area contributed by atoms with Crippen LogP contribution in [0.1, 0.15) is 12.8 Å². The Balaban J connectivity index is 1.79. The van der Waals surface area contributed by atoms with Crippen molar-refractivity contribution in [2.75, 3.05) is 26.0 Å². The van der Waals surface area contributed by atoms with Crippen LogP contribution in [-0.4, -0.2) is 26.0 Å². The second-order valence-electron chi connectivity index (χ2n) is 4.18. The molecule has 0 aromatic heterocycles. The molecule has 3 heteroatoms. The molecule has 1 aliphatic heterocycles. The van der Waals surface area contributed by atoms with Crippen LogP contribution in [0.3, 0.4) is 0 Å². The van der Waals surface area contributed by atoms with E-state index in [0.29, 0.717) is 0 Å². The first-order chi connectivity index (χ1) is 7.88. The van der Waals surface area contributed by atoms with Gasteiger partial charge in [0.05, 0.1) is 6.61 Å². The Morgan fingerprint density at radius 3 is 2.56 bits per heavy atom. The molecule has 2 nitrogen and oxygen atoms in total. The van der Waals surface area contributed by atoms with Crippen LogP contribution in [0.25, 0.3) is 0 Å². The van der Waals surface area contributed by atoms with Gasteiger partial charge in [-0.25, -0.2) is 0 Å². The molecule has 1 N–H and O–H groups in total. The predicted molar refractivity (Wildman–Crippen MR) is 69.3 cm³/mol. The van der Waals surface area contributed by atoms with E-state index in [4.69, 9.17) is 4.74 Å². The zero-order valence-corrected chi connectivity index (χ0v) is 10.6. The van der Waals surface area contributed by atoms with Gasteiger partial charge in [0.25, 0.3) is 0 Å². The molecular formula is C13H19NOS. The lowest BCUT2D eigenvalue weighted by atomic mass is 9.99. The van der Waals surface area contributed by atoms with Crippen LogP contribution >= 0.6 is 11.8 Å². The molecule has 1 fully saturated rings. The summed E-state index contributed by atoms with van der Waals surface area (Å²) in [6.07, 6.45) is 4.57. The van der Waals surface area contributed by atoms with Gasteiger partial charge in [-0.15, -0.1) is 11.8 Å². The first-order valence-corrected chi connectivity index (χ1v) is 7.08. The minimum Gasteiger partial charge on any atom is -0.493 e. The van der Waals surface area contributed by atoms with Crippen molar-refractivity contribution in [3.05, 3.63) is 24.3 Å². The van der Waals surface area contributed by atoms with E-state index in [0.717, 1.165) is 31.4 Å². The quantitative estimate of drug-likeness (QED) is 0.814. The van der Waals surface area contributed by atoms with E-state index in [1.807, 2.05) is 0 Å². The lowest BCUT2D eigenvalue weighted by molar-refractivity contribution is 0.215. The Kier molecular flexibility index (Phi) is 4.55. The summed E-state index contributed by atoms with van der Waals surface area (Å²) in [7, 11) is 0. The van der Waals surface area contributed by atoms with E-state index < -0.39 is 0 Å². The van der Waals surface area contributed by atoms with Crippen LogP contribution in [0.2, 0.25) is 0 Å². The summed E-state index contributed by atoms with van der Waals surface area (Å²) in [5, 5.41) is 3.37.